The van der Waals surface area contributed by atoms with Gasteiger partial charge in [0, 0.05) is 43.4 Å². The van der Waals surface area contributed by atoms with Crippen molar-refractivity contribution < 1.29 is 19.1 Å². The number of ether oxygens (including phenoxy) is 2. The summed E-state index contributed by atoms with van der Waals surface area (Å²) in [6.45, 7) is 4.97. The molecule has 1 aromatic heterocycles. The van der Waals surface area contributed by atoms with Crippen LogP contribution in [0.3, 0.4) is 0 Å². The van der Waals surface area contributed by atoms with Gasteiger partial charge in [-0.1, -0.05) is 18.7 Å². The lowest BCUT2D eigenvalue weighted by molar-refractivity contribution is -0.127. The van der Waals surface area contributed by atoms with E-state index in [-0.39, 0.29) is 17.7 Å². The van der Waals surface area contributed by atoms with Gasteiger partial charge < -0.3 is 19.7 Å². The number of methoxy groups -OCH3 is 1. The molecule has 3 aromatic carbocycles. The van der Waals surface area contributed by atoms with Gasteiger partial charge in [0.15, 0.2) is 0 Å². The zero-order valence-electron chi connectivity index (χ0n) is 21.0. The van der Waals surface area contributed by atoms with Gasteiger partial charge in [-0.15, -0.1) is 0 Å². The molecule has 0 aliphatic carbocycles. The van der Waals surface area contributed by atoms with Crippen molar-refractivity contribution in [1.29, 1.82) is 0 Å². The van der Waals surface area contributed by atoms with Gasteiger partial charge in [0.1, 0.15) is 17.2 Å². The minimum absolute atomic E-state index is 0.0263. The fourth-order valence-electron chi connectivity index (χ4n) is 5.07. The Bertz CT molecular complexity index is 1510. The van der Waals surface area contributed by atoms with Gasteiger partial charge in [0.2, 0.25) is 5.91 Å². The smallest absolute Gasteiger partial charge is 0.251 e. The van der Waals surface area contributed by atoms with Crippen LogP contribution in [-0.2, 0) is 4.79 Å². The molecule has 1 fully saturated rings. The normalized spacial score (nSPS) is 13.9. The summed E-state index contributed by atoms with van der Waals surface area (Å²) in [6, 6.07) is 17.3. The van der Waals surface area contributed by atoms with Crippen LogP contribution in [0.1, 0.15) is 34.7 Å². The van der Waals surface area contributed by atoms with E-state index in [9.17, 15) is 9.59 Å². The Hall–Kier alpha value is -4.39. The van der Waals surface area contributed by atoms with Crippen LogP contribution < -0.4 is 14.8 Å². The Balaban J connectivity index is 1.48. The molecule has 0 spiro atoms. The molecule has 5 rings (SSSR count). The predicted octanol–water partition coefficient (Wildman–Crippen LogP) is 5.44. The van der Waals surface area contributed by atoms with Crippen molar-refractivity contribution in [3.63, 3.8) is 0 Å². The Morgan fingerprint density at radius 3 is 2.59 bits per heavy atom. The number of nitrogens with one attached hydrogen (secondary N) is 1. The van der Waals surface area contributed by atoms with Crippen LogP contribution >= 0.6 is 0 Å². The Kier molecular flexibility index (Phi) is 6.77. The molecule has 4 aromatic rings. The van der Waals surface area contributed by atoms with Crippen LogP contribution in [0.5, 0.6) is 17.2 Å². The monoisotopic (exact) mass is 495 g/mol. The lowest BCUT2D eigenvalue weighted by Crippen LogP contribution is -2.36. The molecule has 0 bridgehead atoms. The van der Waals surface area contributed by atoms with Crippen LogP contribution in [0.4, 0.5) is 0 Å². The van der Waals surface area contributed by atoms with Gasteiger partial charge >= 0.3 is 0 Å². The molecule has 2 heterocycles. The summed E-state index contributed by atoms with van der Waals surface area (Å²) in [5.74, 6) is 2.25. The molecule has 0 unspecified atom stereocenters. The number of rotatable bonds is 6. The average molecular weight is 496 g/mol. The average Bonchev–Trinajstić information content (AvgIpc) is 2.95. The SMILES string of the molecule is C=CC(=O)N1CCC(c2cc3c(Oc4ccc5c(C(=O)NC)cccc5c4)ccnc3cc2OC)CC1. The highest BCUT2D eigenvalue weighted by atomic mass is 16.5. The number of piperidine rings is 1. The Labute approximate surface area is 215 Å². The Morgan fingerprint density at radius 1 is 1.05 bits per heavy atom. The summed E-state index contributed by atoms with van der Waals surface area (Å²) in [7, 11) is 3.30. The summed E-state index contributed by atoms with van der Waals surface area (Å²) in [5.41, 5.74) is 2.49. The Morgan fingerprint density at radius 2 is 1.86 bits per heavy atom. The van der Waals surface area contributed by atoms with E-state index in [1.165, 1.54) is 6.08 Å². The highest BCUT2D eigenvalue weighted by Crippen LogP contribution is 2.40. The topological polar surface area (TPSA) is 80.8 Å². The summed E-state index contributed by atoms with van der Waals surface area (Å²) < 4.78 is 12.1. The maximum absolute atomic E-state index is 12.2. The van der Waals surface area contributed by atoms with Crippen molar-refractivity contribution in [3.8, 4) is 17.2 Å². The molecule has 0 atom stereocenters. The van der Waals surface area contributed by atoms with E-state index < -0.39 is 0 Å². The van der Waals surface area contributed by atoms with E-state index in [0.29, 0.717) is 30.2 Å². The molecule has 1 N–H and O–H groups in total. The first kappa shape index (κ1) is 24.3. The van der Waals surface area contributed by atoms with E-state index in [0.717, 1.165) is 45.8 Å². The van der Waals surface area contributed by atoms with Crippen molar-refractivity contribution in [2.75, 3.05) is 27.2 Å². The van der Waals surface area contributed by atoms with Crippen molar-refractivity contribution in [2.24, 2.45) is 0 Å². The minimum Gasteiger partial charge on any atom is -0.496 e. The van der Waals surface area contributed by atoms with Crippen molar-refractivity contribution in [2.45, 2.75) is 18.8 Å². The summed E-state index contributed by atoms with van der Waals surface area (Å²) >= 11 is 0. The van der Waals surface area contributed by atoms with Gasteiger partial charge in [-0.25, -0.2) is 0 Å². The molecule has 1 aliphatic heterocycles. The summed E-state index contributed by atoms with van der Waals surface area (Å²) in [5, 5.41) is 5.36. The molecular weight excluding hydrogens is 466 g/mol. The number of likely N-dealkylation sites (tertiary alicyclic amines) is 1. The van der Waals surface area contributed by atoms with E-state index >= 15 is 0 Å². The third-order valence-corrected chi connectivity index (χ3v) is 7.03. The number of nitrogens with zero attached hydrogens (tertiary/aromatic N) is 2. The van der Waals surface area contributed by atoms with Crippen molar-refractivity contribution in [1.82, 2.24) is 15.2 Å². The van der Waals surface area contributed by atoms with E-state index in [1.54, 1.807) is 20.4 Å². The number of pyridine rings is 1. The van der Waals surface area contributed by atoms with Gasteiger partial charge in [0.05, 0.1) is 12.6 Å². The minimum atomic E-state index is -0.124. The largest absolute Gasteiger partial charge is 0.496 e. The number of hydrogen-bond acceptors (Lipinski definition) is 5. The second-order valence-electron chi connectivity index (χ2n) is 9.09. The van der Waals surface area contributed by atoms with E-state index in [1.807, 2.05) is 53.4 Å². The number of carbonyl (C=O) groups is 2. The highest BCUT2D eigenvalue weighted by molar-refractivity contribution is 6.07. The number of aromatic nitrogens is 1. The van der Waals surface area contributed by atoms with Crippen LogP contribution in [-0.4, -0.2) is 48.9 Å². The second kappa shape index (κ2) is 10.3. The van der Waals surface area contributed by atoms with Crippen LogP contribution in [0.2, 0.25) is 0 Å². The molecule has 0 radical (unpaired) electrons. The maximum atomic E-state index is 12.2. The molecule has 188 valence electrons. The first-order chi connectivity index (χ1) is 18.0. The molecule has 7 heteroatoms. The highest BCUT2D eigenvalue weighted by Gasteiger charge is 2.25. The van der Waals surface area contributed by atoms with Crippen LogP contribution in [0.15, 0.2) is 73.4 Å². The molecule has 1 aliphatic rings. The van der Waals surface area contributed by atoms with Crippen LogP contribution in [0, 0.1) is 0 Å². The van der Waals surface area contributed by atoms with E-state index in [2.05, 4.69) is 22.9 Å². The maximum Gasteiger partial charge on any atom is 0.251 e. The molecule has 1 saturated heterocycles. The van der Waals surface area contributed by atoms with Gasteiger partial charge in [-0.05, 0) is 77.6 Å². The number of benzene rings is 3. The van der Waals surface area contributed by atoms with Gasteiger partial charge in [-0.3, -0.25) is 14.6 Å². The quantitative estimate of drug-likeness (QED) is 0.360. The predicted molar refractivity (Wildman–Crippen MR) is 144 cm³/mol. The van der Waals surface area contributed by atoms with Crippen molar-refractivity contribution >= 4 is 33.5 Å². The zero-order valence-corrected chi connectivity index (χ0v) is 21.0. The second-order valence-corrected chi connectivity index (χ2v) is 9.09. The third-order valence-electron chi connectivity index (χ3n) is 7.03. The first-order valence-electron chi connectivity index (χ1n) is 12.3. The number of hydrogen-bond donors (Lipinski definition) is 1. The number of amides is 2. The lowest BCUT2D eigenvalue weighted by atomic mass is 9.87. The molecule has 7 nitrogen and oxygen atoms in total. The number of fused-ring (bicyclic) bond motifs is 2. The third kappa shape index (κ3) is 4.72. The fourth-order valence-corrected chi connectivity index (χ4v) is 5.07. The van der Waals surface area contributed by atoms with Crippen molar-refractivity contribution in [3.05, 3.63) is 84.6 Å². The first-order valence-corrected chi connectivity index (χ1v) is 12.3. The fraction of sp³-hybridized carbons (Fsp3) is 0.233. The zero-order chi connectivity index (χ0) is 25.9. The number of carbonyl (C=O) groups excluding carboxylic acids is 2. The molecule has 0 saturated carbocycles. The van der Waals surface area contributed by atoms with E-state index in [4.69, 9.17) is 9.47 Å². The summed E-state index contributed by atoms with van der Waals surface area (Å²) in [4.78, 5) is 30.6. The van der Waals surface area contributed by atoms with Crippen LogP contribution in [0.25, 0.3) is 21.7 Å². The van der Waals surface area contributed by atoms with Gasteiger partial charge in [-0.2, -0.15) is 0 Å². The summed E-state index contributed by atoms with van der Waals surface area (Å²) in [6.07, 6.45) is 4.78. The lowest BCUT2D eigenvalue weighted by Gasteiger charge is -2.32. The standard InChI is InChI=1S/C30H29N3O4/c1-4-29(34)33-14-11-19(12-15-33)24-17-25-26(18-28(24)36-3)32-13-10-27(25)37-21-8-9-22-20(16-21)6-5-7-23(22)30(35)31-2/h4-10,13,16-19H,1,11-12,14-15H2,2-3H3,(H,31,35). The molecular formula is C30H29N3O4. The van der Waals surface area contributed by atoms with Gasteiger partial charge in [0.25, 0.3) is 5.91 Å². The molecule has 37 heavy (non-hydrogen) atoms. The molecule has 2 amide bonds.